The number of hydrogen-bond donors (Lipinski definition) is 1. The van der Waals surface area contributed by atoms with E-state index in [4.69, 9.17) is 5.73 Å². The molecule has 5 heteroatoms. The molecule has 0 aliphatic heterocycles. The third-order valence-corrected chi connectivity index (χ3v) is 4.17. The molecule has 0 amide bonds. The molecule has 0 saturated heterocycles. The quantitative estimate of drug-likeness (QED) is 0.866. The van der Waals surface area contributed by atoms with E-state index in [1.165, 1.54) is 0 Å². The average Bonchev–Trinajstić information content (AvgIpc) is 2.75. The molecule has 1 aromatic carbocycles. The zero-order valence-electron chi connectivity index (χ0n) is 11.0. The van der Waals surface area contributed by atoms with Gasteiger partial charge in [0.05, 0.1) is 16.8 Å². The van der Waals surface area contributed by atoms with Gasteiger partial charge >= 0.3 is 0 Å². The number of aromatic nitrogens is 2. The lowest BCUT2D eigenvalue weighted by molar-refractivity contribution is 0.652. The van der Waals surface area contributed by atoms with Crippen LogP contribution in [0.2, 0.25) is 0 Å². The summed E-state index contributed by atoms with van der Waals surface area (Å²) in [5, 5.41) is 14.7. The number of rotatable bonds is 4. The van der Waals surface area contributed by atoms with E-state index in [0.717, 1.165) is 16.3 Å². The first-order valence-corrected chi connectivity index (χ1v) is 6.93. The Bertz CT molecular complexity index is 600. The van der Waals surface area contributed by atoms with E-state index in [1.54, 1.807) is 11.8 Å². The summed E-state index contributed by atoms with van der Waals surface area (Å²) in [6.45, 7) is 1.95. The van der Waals surface area contributed by atoms with Crippen LogP contribution in [0.1, 0.15) is 11.3 Å². The first-order valence-electron chi connectivity index (χ1n) is 5.94. The van der Waals surface area contributed by atoms with Crippen LogP contribution in [0.5, 0.6) is 0 Å². The lowest BCUT2D eigenvalue weighted by atomic mass is 9.95. The molecule has 0 spiro atoms. The molecule has 0 saturated carbocycles. The summed E-state index contributed by atoms with van der Waals surface area (Å²) in [6, 6.07) is 13.7. The van der Waals surface area contributed by atoms with Crippen LogP contribution in [0.4, 0.5) is 0 Å². The molecular weight excluding hydrogens is 256 g/mol. The standard InChI is InChI=1S/C14H16N4S/c1-11-8-13(18(2)17-11)19-10-14(16,9-15)12-6-4-3-5-7-12/h3-8H,10,16H2,1-2H3. The zero-order valence-corrected chi connectivity index (χ0v) is 11.8. The van der Waals surface area contributed by atoms with Crippen molar-refractivity contribution in [3.05, 3.63) is 47.7 Å². The minimum Gasteiger partial charge on any atom is -0.309 e. The number of nitrogens with zero attached hydrogens (tertiary/aromatic N) is 3. The predicted octanol–water partition coefficient (Wildman–Crippen LogP) is 2.20. The molecule has 1 atom stereocenters. The second-order valence-electron chi connectivity index (χ2n) is 4.49. The molecule has 2 rings (SSSR count). The highest BCUT2D eigenvalue weighted by Gasteiger charge is 2.27. The summed E-state index contributed by atoms with van der Waals surface area (Å²) in [4.78, 5) is 0. The van der Waals surface area contributed by atoms with Gasteiger partial charge < -0.3 is 5.73 Å². The van der Waals surface area contributed by atoms with E-state index in [2.05, 4.69) is 11.2 Å². The van der Waals surface area contributed by atoms with E-state index >= 15 is 0 Å². The van der Waals surface area contributed by atoms with Crippen molar-refractivity contribution in [2.75, 3.05) is 5.75 Å². The summed E-state index contributed by atoms with van der Waals surface area (Å²) in [7, 11) is 1.89. The maximum absolute atomic E-state index is 9.38. The van der Waals surface area contributed by atoms with E-state index in [9.17, 15) is 5.26 Å². The molecule has 0 bridgehead atoms. The lowest BCUT2D eigenvalue weighted by Gasteiger charge is -2.21. The molecule has 2 N–H and O–H groups in total. The summed E-state index contributed by atoms with van der Waals surface area (Å²) in [5.41, 5.74) is 7.03. The molecule has 98 valence electrons. The van der Waals surface area contributed by atoms with E-state index in [0.29, 0.717) is 5.75 Å². The van der Waals surface area contributed by atoms with Crippen LogP contribution in [-0.4, -0.2) is 15.5 Å². The smallest absolute Gasteiger partial charge is 0.139 e. The first-order chi connectivity index (χ1) is 9.05. The van der Waals surface area contributed by atoms with Gasteiger partial charge in [0, 0.05) is 12.8 Å². The van der Waals surface area contributed by atoms with Crippen molar-refractivity contribution in [3.8, 4) is 6.07 Å². The van der Waals surface area contributed by atoms with Crippen LogP contribution >= 0.6 is 11.8 Å². The molecule has 0 fully saturated rings. The van der Waals surface area contributed by atoms with Gasteiger partial charge in [-0.05, 0) is 18.6 Å². The molecule has 0 aliphatic carbocycles. The second kappa shape index (κ2) is 5.47. The van der Waals surface area contributed by atoms with Crippen LogP contribution in [0.25, 0.3) is 0 Å². The number of thioether (sulfide) groups is 1. The monoisotopic (exact) mass is 272 g/mol. The third-order valence-electron chi connectivity index (χ3n) is 2.90. The van der Waals surface area contributed by atoms with E-state index in [-0.39, 0.29) is 0 Å². The van der Waals surface area contributed by atoms with Gasteiger partial charge in [-0.2, -0.15) is 10.4 Å². The first kappa shape index (κ1) is 13.7. The largest absolute Gasteiger partial charge is 0.309 e. The highest BCUT2D eigenvalue weighted by molar-refractivity contribution is 7.99. The fourth-order valence-corrected chi connectivity index (χ4v) is 2.91. The van der Waals surface area contributed by atoms with Gasteiger partial charge in [0.2, 0.25) is 0 Å². The molecule has 1 unspecified atom stereocenters. The molecule has 2 aromatic rings. The molecule has 1 heterocycles. The Morgan fingerprint density at radius 1 is 1.42 bits per heavy atom. The van der Waals surface area contributed by atoms with Crippen LogP contribution < -0.4 is 5.73 Å². The lowest BCUT2D eigenvalue weighted by Crippen LogP contribution is -2.37. The molecule has 0 radical (unpaired) electrons. The second-order valence-corrected chi connectivity index (χ2v) is 5.48. The van der Waals surface area contributed by atoms with E-state index in [1.807, 2.05) is 55.1 Å². The Kier molecular flexibility index (Phi) is 3.93. The molecule has 4 nitrogen and oxygen atoms in total. The van der Waals surface area contributed by atoms with Gasteiger partial charge in [-0.1, -0.05) is 30.3 Å². The van der Waals surface area contributed by atoms with Gasteiger partial charge in [0.15, 0.2) is 0 Å². The Morgan fingerprint density at radius 3 is 2.63 bits per heavy atom. The zero-order chi connectivity index (χ0) is 13.9. The minimum atomic E-state index is -0.982. The van der Waals surface area contributed by atoms with Crippen molar-refractivity contribution in [2.24, 2.45) is 12.8 Å². The summed E-state index contributed by atoms with van der Waals surface area (Å²) >= 11 is 1.55. The number of nitriles is 1. The maximum Gasteiger partial charge on any atom is 0.139 e. The van der Waals surface area contributed by atoms with Crippen molar-refractivity contribution < 1.29 is 0 Å². The van der Waals surface area contributed by atoms with Crippen LogP contribution in [0.3, 0.4) is 0 Å². The maximum atomic E-state index is 9.38. The number of nitrogens with two attached hydrogens (primary N) is 1. The molecule has 19 heavy (non-hydrogen) atoms. The summed E-state index contributed by atoms with van der Waals surface area (Å²) in [5.74, 6) is 0.493. The molecular formula is C14H16N4S. The van der Waals surface area contributed by atoms with Crippen LogP contribution in [0, 0.1) is 18.3 Å². The van der Waals surface area contributed by atoms with Gasteiger partial charge in [-0.15, -0.1) is 11.8 Å². The van der Waals surface area contributed by atoms with Gasteiger partial charge in [0.25, 0.3) is 0 Å². The summed E-state index contributed by atoms with van der Waals surface area (Å²) in [6.07, 6.45) is 0. The Morgan fingerprint density at radius 2 is 2.11 bits per heavy atom. The Balaban J connectivity index is 2.17. The molecule has 1 aromatic heterocycles. The Labute approximate surface area is 117 Å². The normalized spacial score (nSPS) is 13.8. The third kappa shape index (κ3) is 2.98. The average molecular weight is 272 g/mol. The van der Waals surface area contributed by atoms with Crippen LogP contribution in [0.15, 0.2) is 41.4 Å². The number of benzene rings is 1. The minimum absolute atomic E-state index is 0.493. The molecule has 0 aliphatic rings. The number of hydrogen-bond acceptors (Lipinski definition) is 4. The highest BCUT2D eigenvalue weighted by Crippen LogP contribution is 2.27. The van der Waals surface area contributed by atoms with Crippen molar-refractivity contribution in [2.45, 2.75) is 17.5 Å². The fraction of sp³-hybridized carbons (Fsp3) is 0.286. The topological polar surface area (TPSA) is 67.6 Å². The summed E-state index contributed by atoms with van der Waals surface area (Å²) < 4.78 is 1.81. The van der Waals surface area contributed by atoms with Crippen molar-refractivity contribution in [3.63, 3.8) is 0 Å². The highest BCUT2D eigenvalue weighted by atomic mass is 32.2. The van der Waals surface area contributed by atoms with Crippen molar-refractivity contribution in [1.29, 1.82) is 5.26 Å². The van der Waals surface area contributed by atoms with Crippen molar-refractivity contribution >= 4 is 11.8 Å². The SMILES string of the molecule is Cc1cc(SCC(N)(C#N)c2ccccc2)n(C)n1. The number of aryl methyl sites for hydroxylation is 2. The van der Waals surface area contributed by atoms with Gasteiger partial charge in [0.1, 0.15) is 5.54 Å². The van der Waals surface area contributed by atoms with Gasteiger partial charge in [-0.25, -0.2) is 0 Å². The van der Waals surface area contributed by atoms with Crippen LogP contribution in [-0.2, 0) is 12.6 Å². The predicted molar refractivity (Wildman–Crippen MR) is 76.6 cm³/mol. The van der Waals surface area contributed by atoms with Gasteiger partial charge in [-0.3, -0.25) is 4.68 Å². The van der Waals surface area contributed by atoms with Crippen molar-refractivity contribution in [1.82, 2.24) is 9.78 Å². The fourth-order valence-electron chi connectivity index (χ4n) is 1.83. The Hall–Kier alpha value is -1.77. The van der Waals surface area contributed by atoms with E-state index < -0.39 is 5.54 Å².